The number of aromatic nitrogens is 4. The molecular weight excluding hydrogens is 477 g/mol. The minimum absolute atomic E-state index is 0.0219. The number of nitrogens with two attached hydrogens (primary N) is 1. The number of nitrogens with one attached hydrogen (secondary N) is 2. The van der Waals surface area contributed by atoms with Crippen LogP contribution in [-0.2, 0) is 34.9 Å². The molecule has 0 saturated heterocycles. The molecule has 0 aromatic carbocycles. The van der Waals surface area contributed by atoms with Crippen LogP contribution in [-0.4, -0.2) is 69.2 Å². The number of imidazole rings is 1. The molecule has 0 radical (unpaired) electrons. The monoisotopic (exact) mass is 511 g/mol. The Morgan fingerprint density at radius 3 is 2.66 bits per heavy atom. The highest BCUT2D eigenvalue weighted by Crippen LogP contribution is 2.36. The molecule has 2 aromatic rings. The third-order valence-electron chi connectivity index (χ3n) is 5.32. The number of fused-ring (bicyclic) bond motifs is 1. The number of ether oxygens (including phenoxy) is 3. The van der Waals surface area contributed by atoms with Crippen LogP contribution in [0, 0.1) is 0 Å². The van der Waals surface area contributed by atoms with E-state index in [1.165, 1.54) is 6.33 Å². The van der Waals surface area contributed by atoms with E-state index in [9.17, 15) is 14.2 Å². The van der Waals surface area contributed by atoms with Crippen LogP contribution < -0.4 is 15.9 Å². The molecule has 13 nitrogen and oxygen atoms in total. The van der Waals surface area contributed by atoms with Gasteiger partial charge in [-0.05, 0) is 40.0 Å². The number of nitrogens with zero attached hydrogens (tertiary/aromatic N) is 4. The average molecular weight is 512 g/mol. The van der Waals surface area contributed by atoms with Crippen LogP contribution in [0.4, 0.5) is 5.82 Å². The fourth-order valence-corrected chi connectivity index (χ4v) is 4.93. The number of anilines is 1. The molecule has 0 spiro atoms. The Morgan fingerprint density at radius 1 is 1.20 bits per heavy atom. The van der Waals surface area contributed by atoms with Gasteiger partial charge in [0, 0.05) is 6.54 Å². The summed E-state index contributed by atoms with van der Waals surface area (Å²) in [4.78, 5) is 36.3. The van der Waals surface area contributed by atoms with Crippen molar-refractivity contribution in [2.75, 3.05) is 25.2 Å². The van der Waals surface area contributed by atoms with Crippen LogP contribution in [0.3, 0.4) is 0 Å². The Hall–Kier alpha value is -2.60. The molecule has 4 N–H and O–H groups in total. The first-order chi connectivity index (χ1) is 16.6. The van der Waals surface area contributed by atoms with Crippen molar-refractivity contribution in [3.05, 3.63) is 12.7 Å². The number of rotatable bonds is 14. The Kier molecular flexibility index (Phi) is 9.55. The smallest absolute Gasteiger partial charge is 0.320 e. The minimum atomic E-state index is -3.40. The maximum absolute atomic E-state index is 13.5. The zero-order chi connectivity index (χ0) is 25.4. The number of carbonyl (C=O) groups excluding carboxylic acids is 2. The van der Waals surface area contributed by atoms with Crippen molar-refractivity contribution in [1.29, 1.82) is 0 Å². The van der Waals surface area contributed by atoms with Gasteiger partial charge in [0.25, 0.3) is 0 Å². The Labute approximate surface area is 204 Å². The topological polar surface area (TPSA) is 173 Å². The third-order valence-corrected chi connectivity index (χ3v) is 7.23. The SMILES string of the molecule is CC(C)OC(=O)CCNP(=O)(COC(C)Cn1cnc2c(N)ncnc21)NCC(=O)OC1CCC1. The predicted octanol–water partition coefficient (Wildman–Crippen LogP) is 1.58. The van der Waals surface area contributed by atoms with Crippen LogP contribution in [0.5, 0.6) is 0 Å². The van der Waals surface area contributed by atoms with E-state index >= 15 is 0 Å². The van der Waals surface area contributed by atoms with Crippen LogP contribution >= 0.6 is 7.44 Å². The van der Waals surface area contributed by atoms with Gasteiger partial charge in [0.2, 0.25) is 7.44 Å². The lowest BCUT2D eigenvalue weighted by Gasteiger charge is -2.26. The lowest BCUT2D eigenvalue weighted by Crippen LogP contribution is -2.35. The fraction of sp³-hybridized carbons (Fsp3) is 0.667. The highest BCUT2D eigenvalue weighted by atomic mass is 31.2. The molecule has 35 heavy (non-hydrogen) atoms. The quantitative estimate of drug-likeness (QED) is 0.247. The predicted molar refractivity (Wildman–Crippen MR) is 128 cm³/mol. The van der Waals surface area contributed by atoms with Crippen molar-refractivity contribution in [2.45, 2.75) is 71.3 Å². The van der Waals surface area contributed by atoms with Gasteiger partial charge in [-0.2, -0.15) is 0 Å². The molecule has 1 aliphatic carbocycles. The fourth-order valence-electron chi connectivity index (χ4n) is 3.31. The molecule has 1 saturated carbocycles. The molecule has 14 heteroatoms. The van der Waals surface area contributed by atoms with E-state index in [1.807, 2.05) is 6.92 Å². The lowest BCUT2D eigenvalue weighted by atomic mass is 9.96. The van der Waals surface area contributed by atoms with Crippen molar-refractivity contribution in [1.82, 2.24) is 29.7 Å². The minimum Gasteiger partial charge on any atom is -0.463 e. The van der Waals surface area contributed by atoms with E-state index in [2.05, 4.69) is 25.1 Å². The van der Waals surface area contributed by atoms with Crippen molar-refractivity contribution >= 4 is 36.4 Å². The number of esters is 2. The van der Waals surface area contributed by atoms with E-state index in [-0.39, 0.29) is 50.0 Å². The van der Waals surface area contributed by atoms with Gasteiger partial charge in [0.1, 0.15) is 30.8 Å². The normalized spacial score (nSPS) is 16.6. The number of hydrogen-bond acceptors (Lipinski definition) is 10. The van der Waals surface area contributed by atoms with E-state index in [0.29, 0.717) is 17.7 Å². The van der Waals surface area contributed by atoms with Gasteiger partial charge in [-0.1, -0.05) is 0 Å². The summed E-state index contributed by atoms with van der Waals surface area (Å²) in [7, 11) is -3.40. The Morgan fingerprint density at radius 2 is 1.97 bits per heavy atom. The summed E-state index contributed by atoms with van der Waals surface area (Å²) in [6.07, 6.45) is 4.79. The Balaban J connectivity index is 1.56. The molecule has 0 bridgehead atoms. The maximum Gasteiger partial charge on any atom is 0.320 e. The lowest BCUT2D eigenvalue weighted by molar-refractivity contribution is -0.151. The standard InChI is InChI=1S/C21H34N7O6P/c1-14(2)33-17(29)7-8-26-35(31,27-9-18(30)34-16-5-4-6-16)13-32-15(3)10-28-12-25-19-20(22)23-11-24-21(19)28/h11-12,14-16H,4-10,13H2,1-3H3,(H2,22,23,24)(H2,26,27,31). The summed E-state index contributed by atoms with van der Waals surface area (Å²) in [5.41, 5.74) is 6.89. The molecule has 0 aliphatic heterocycles. The van der Waals surface area contributed by atoms with Gasteiger partial charge in [0.05, 0.1) is 31.5 Å². The number of carbonyl (C=O) groups is 2. The van der Waals surface area contributed by atoms with Gasteiger partial charge < -0.3 is 24.5 Å². The second-order valence-corrected chi connectivity index (χ2v) is 11.1. The van der Waals surface area contributed by atoms with E-state index in [1.54, 1.807) is 24.7 Å². The second kappa shape index (κ2) is 12.4. The highest BCUT2D eigenvalue weighted by Gasteiger charge is 2.27. The van der Waals surface area contributed by atoms with Crippen molar-refractivity contribution in [3.63, 3.8) is 0 Å². The molecule has 194 valence electrons. The van der Waals surface area contributed by atoms with Gasteiger partial charge in [-0.15, -0.1) is 0 Å². The van der Waals surface area contributed by atoms with E-state index < -0.39 is 19.4 Å². The van der Waals surface area contributed by atoms with Crippen LogP contribution in [0.2, 0.25) is 0 Å². The third kappa shape index (κ3) is 8.24. The van der Waals surface area contributed by atoms with Crippen LogP contribution in [0.25, 0.3) is 11.2 Å². The average Bonchev–Trinajstić information content (AvgIpc) is 3.17. The Bertz CT molecular complexity index is 1060. The summed E-state index contributed by atoms with van der Waals surface area (Å²) in [6.45, 7) is 5.54. The highest BCUT2D eigenvalue weighted by molar-refractivity contribution is 7.59. The van der Waals surface area contributed by atoms with Crippen molar-refractivity contribution in [2.24, 2.45) is 0 Å². The van der Waals surface area contributed by atoms with Crippen molar-refractivity contribution in [3.8, 4) is 0 Å². The summed E-state index contributed by atoms with van der Waals surface area (Å²) >= 11 is 0. The summed E-state index contributed by atoms with van der Waals surface area (Å²) in [6, 6.07) is 0. The molecule has 2 heterocycles. The molecule has 1 fully saturated rings. The summed E-state index contributed by atoms with van der Waals surface area (Å²) in [5, 5.41) is 5.59. The first kappa shape index (κ1) is 27.0. The molecule has 2 aromatic heterocycles. The van der Waals surface area contributed by atoms with Crippen LogP contribution in [0.1, 0.15) is 46.5 Å². The molecule has 2 unspecified atom stereocenters. The first-order valence-electron chi connectivity index (χ1n) is 11.7. The molecule has 3 rings (SSSR count). The second-order valence-electron chi connectivity index (χ2n) is 8.75. The van der Waals surface area contributed by atoms with E-state index in [4.69, 9.17) is 19.9 Å². The summed E-state index contributed by atoms with van der Waals surface area (Å²) in [5.74, 6) is -0.609. The number of nitrogen functional groups attached to an aromatic ring is 1. The zero-order valence-electron chi connectivity index (χ0n) is 20.3. The largest absolute Gasteiger partial charge is 0.463 e. The molecule has 0 amide bonds. The van der Waals surface area contributed by atoms with Crippen molar-refractivity contribution < 1.29 is 28.4 Å². The van der Waals surface area contributed by atoms with Crippen LogP contribution in [0.15, 0.2) is 12.7 Å². The number of hydrogen-bond donors (Lipinski definition) is 3. The first-order valence-corrected chi connectivity index (χ1v) is 13.6. The van der Waals surface area contributed by atoms with Gasteiger partial charge in [0.15, 0.2) is 11.5 Å². The maximum atomic E-state index is 13.5. The molecule has 2 atom stereocenters. The van der Waals surface area contributed by atoms with Gasteiger partial charge in [-0.25, -0.2) is 20.0 Å². The zero-order valence-corrected chi connectivity index (χ0v) is 21.2. The molecule has 1 aliphatic rings. The molecular formula is C21H34N7O6P. The van der Waals surface area contributed by atoms with Gasteiger partial charge >= 0.3 is 11.9 Å². The van der Waals surface area contributed by atoms with E-state index in [0.717, 1.165) is 19.3 Å². The van der Waals surface area contributed by atoms with Gasteiger partial charge in [-0.3, -0.25) is 19.2 Å². The summed E-state index contributed by atoms with van der Waals surface area (Å²) < 4.78 is 31.5.